The Labute approximate surface area is 92.6 Å². The molecule has 0 spiro atoms. The molecular weight excluding hydrogens is 279 g/mol. The molecule has 0 saturated heterocycles. The molecule has 0 bridgehead atoms. The Kier molecular flexibility index (Phi) is 4.18. The van der Waals surface area contributed by atoms with Crippen LogP contribution in [0, 0.1) is 17.4 Å². The molecule has 0 aliphatic rings. The minimum atomic E-state index is 0.745. The predicted molar refractivity (Wildman–Crippen MR) is 60.9 cm³/mol. The lowest BCUT2D eigenvalue weighted by atomic mass is 10.4. The molecule has 0 radical (unpaired) electrons. The van der Waals surface area contributed by atoms with Gasteiger partial charge in [-0.2, -0.15) is 5.10 Å². The summed E-state index contributed by atoms with van der Waals surface area (Å²) < 4.78 is 8.54. The van der Waals surface area contributed by atoms with Gasteiger partial charge in [-0.1, -0.05) is 0 Å². The Morgan fingerprint density at radius 1 is 1.46 bits per heavy atom. The van der Waals surface area contributed by atoms with E-state index in [2.05, 4.69) is 34.6 Å². The number of aryl methyl sites for hydroxylation is 1. The Morgan fingerprint density at radius 3 is 2.62 bits per heavy atom. The number of hydrogen-bond donors (Lipinski definition) is 0. The third-order valence-electron chi connectivity index (χ3n) is 1.94. The van der Waals surface area contributed by atoms with Crippen LogP contribution in [0.2, 0.25) is 0 Å². The molecule has 3 nitrogen and oxygen atoms in total. The van der Waals surface area contributed by atoms with Gasteiger partial charge in [0, 0.05) is 12.3 Å². The second kappa shape index (κ2) is 4.95. The summed E-state index contributed by atoms with van der Waals surface area (Å²) in [6.07, 6.45) is 0. The smallest absolute Gasteiger partial charge is 0.0730 e. The minimum absolute atomic E-state index is 0.745. The van der Waals surface area contributed by atoms with E-state index >= 15 is 0 Å². The highest BCUT2D eigenvalue weighted by atomic mass is 127. The second-order valence-electron chi connectivity index (χ2n) is 2.90. The molecule has 1 aromatic rings. The summed E-state index contributed by atoms with van der Waals surface area (Å²) in [6.45, 7) is 8.50. The molecule has 1 aromatic heterocycles. The summed E-state index contributed by atoms with van der Waals surface area (Å²) in [5.41, 5.74) is 2.34. The molecule has 0 atom stereocenters. The van der Waals surface area contributed by atoms with Crippen molar-refractivity contribution in [3.05, 3.63) is 15.0 Å². The zero-order valence-corrected chi connectivity index (χ0v) is 10.5. The molecule has 0 fully saturated rings. The number of rotatable bonds is 4. The molecule has 13 heavy (non-hydrogen) atoms. The normalized spacial score (nSPS) is 10.8. The molecule has 1 heterocycles. The van der Waals surface area contributed by atoms with E-state index in [-0.39, 0.29) is 0 Å². The maximum Gasteiger partial charge on any atom is 0.0730 e. The fraction of sp³-hybridized carbons (Fsp3) is 0.667. The van der Waals surface area contributed by atoms with Gasteiger partial charge in [0.05, 0.1) is 22.4 Å². The summed E-state index contributed by atoms with van der Waals surface area (Å²) in [5, 5.41) is 4.41. The third kappa shape index (κ3) is 2.67. The van der Waals surface area contributed by atoms with Gasteiger partial charge in [0.2, 0.25) is 0 Å². The zero-order valence-electron chi connectivity index (χ0n) is 8.30. The fourth-order valence-corrected chi connectivity index (χ4v) is 1.57. The van der Waals surface area contributed by atoms with E-state index in [1.165, 1.54) is 9.26 Å². The quantitative estimate of drug-likeness (QED) is 0.628. The first-order valence-corrected chi connectivity index (χ1v) is 5.52. The van der Waals surface area contributed by atoms with Crippen LogP contribution in [0.3, 0.4) is 0 Å². The molecule has 0 amide bonds. The minimum Gasteiger partial charge on any atom is -0.380 e. The number of nitrogens with zero attached hydrogens (tertiary/aromatic N) is 2. The molecule has 74 valence electrons. The van der Waals surface area contributed by atoms with Crippen LogP contribution in [0.5, 0.6) is 0 Å². The summed E-state index contributed by atoms with van der Waals surface area (Å²) in [4.78, 5) is 0. The molecule has 0 unspecified atom stereocenters. The van der Waals surface area contributed by atoms with Crippen LogP contribution >= 0.6 is 22.6 Å². The number of aromatic nitrogens is 2. The monoisotopic (exact) mass is 294 g/mol. The van der Waals surface area contributed by atoms with E-state index in [1.54, 1.807) is 0 Å². The lowest BCUT2D eigenvalue weighted by Crippen LogP contribution is -2.08. The van der Waals surface area contributed by atoms with Crippen molar-refractivity contribution in [2.75, 3.05) is 13.2 Å². The van der Waals surface area contributed by atoms with Crippen molar-refractivity contribution in [2.45, 2.75) is 27.3 Å². The molecule has 0 N–H and O–H groups in total. The van der Waals surface area contributed by atoms with Gasteiger partial charge in [0.25, 0.3) is 0 Å². The topological polar surface area (TPSA) is 27.1 Å². The summed E-state index contributed by atoms with van der Waals surface area (Å²) >= 11 is 2.33. The van der Waals surface area contributed by atoms with Crippen molar-refractivity contribution in [1.29, 1.82) is 0 Å². The van der Waals surface area contributed by atoms with Crippen LogP contribution in [0.15, 0.2) is 0 Å². The van der Waals surface area contributed by atoms with E-state index in [0.29, 0.717) is 0 Å². The molecular formula is C9H15IN2O. The zero-order chi connectivity index (χ0) is 9.84. The van der Waals surface area contributed by atoms with E-state index in [4.69, 9.17) is 4.74 Å². The van der Waals surface area contributed by atoms with E-state index in [1.807, 2.05) is 18.5 Å². The van der Waals surface area contributed by atoms with Crippen LogP contribution < -0.4 is 0 Å². The van der Waals surface area contributed by atoms with Crippen molar-refractivity contribution < 1.29 is 4.74 Å². The first-order chi connectivity index (χ1) is 6.16. The summed E-state index contributed by atoms with van der Waals surface area (Å²) in [5.74, 6) is 0. The first-order valence-electron chi connectivity index (χ1n) is 4.44. The Balaban J connectivity index is 2.61. The van der Waals surface area contributed by atoms with Gasteiger partial charge in [0.15, 0.2) is 0 Å². The first kappa shape index (κ1) is 11.0. The Bertz CT molecular complexity index is 283. The van der Waals surface area contributed by atoms with Gasteiger partial charge in [-0.15, -0.1) is 0 Å². The molecule has 0 aromatic carbocycles. The number of hydrogen-bond acceptors (Lipinski definition) is 2. The molecule has 0 saturated carbocycles. The second-order valence-corrected chi connectivity index (χ2v) is 3.98. The van der Waals surface area contributed by atoms with Crippen LogP contribution in [0.25, 0.3) is 0 Å². The third-order valence-corrected chi connectivity index (χ3v) is 3.51. The van der Waals surface area contributed by atoms with Crippen LogP contribution in [-0.2, 0) is 11.3 Å². The van der Waals surface area contributed by atoms with Gasteiger partial charge in [-0.25, -0.2) is 0 Å². The maximum atomic E-state index is 5.28. The highest BCUT2D eigenvalue weighted by Gasteiger charge is 2.07. The van der Waals surface area contributed by atoms with Gasteiger partial charge >= 0.3 is 0 Å². The van der Waals surface area contributed by atoms with Gasteiger partial charge < -0.3 is 4.74 Å². The van der Waals surface area contributed by atoms with Crippen LogP contribution in [0.4, 0.5) is 0 Å². The molecule has 0 aliphatic carbocycles. The van der Waals surface area contributed by atoms with Crippen molar-refractivity contribution in [1.82, 2.24) is 9.78 Å². The lowest BCUT2D eigenvalue weighted by Gasteiger charge is -2.03. The number of ether oxygens (including phenoxy) is 1. The van der Waals surface area contributed by atoms with Gasteiger partial charge in [-0.05, 0) is 43.4 Å². The van der Waals surface area contributed by atoms with E-state index in [9.17, 15) is 0 Å². The molecule has 1 rings (SSSR count). The van der Waals surface area contributed by atoms with Crippen molar-refractivity contribution in [2.24, 2.45) is 0 Å². The van der Waals surface area contributed by atoms with Crippen molar-refractivity contribution >= 4 is 22.6 Å². The highest BCUT2D eigenvalue weighted by Crippen LogP contribution is 2.14. The molecule has 0 aliphatic heterocycles. The van der Waals surface area contributed by atoms with E-state index < -0.39 is 0 Å². The lowest BCUT2D eigenvalue weighted by molar-refractivity contribution is 0.135. The van der Waals surface area contributed by atoms with Crippen molar-refractivity contribution in [3.63, 3.8) is 0 Å². The van der Waals surface area contributed by atoms with Crippen LogP contribution in [0.1, 0.15) is 18.3 Å². The molecule has 4 heteroatoms. The average Bonchev–Trinajstić information content (AvgIpc) is 2.34. The van der Waals surface area contributed by atoms with Gasteiger partial charge in [-0.3, -0.25) is 4.68 Å². The average molecular weight is 294 g/mol. The number of halogens is 1. The fourth-order valence-electron chi connectivity index (χ4n) is 1.19. The van der Waals surface area contributed by atoms with Gasteiger partial charge in [0.1, 0.15) is 0 Å². The van der Waals surface area contributed by atoms with E-state index in [0.717, 1.165) is 25.5 Å². The predicted octanol–water partition coefficient (Wildman–Crippen LogP) is 2.14. The van der Waals surface area contributed by atoms with Crippen LogP contribution in [-0.4, -0.2) is 23.0 Å². The standard InChI is InChI=1S/C9H15IN2O/c1-4-13-6-5-12-8(3)9(10)7(2)11-12/h4-6H2,1-3H3. The maximum absolute atomic E-state index is 5.28. The highest BCUT2D eigenvalue weighted by molar-refractivity contribution is 14.1. The van der Waals surface area contributed by atoms with Crippen molar-refractivity contribution in [3.8, 4) is 0 Å². The SMILES string of the molecule is CCOCCn1nc(C)c(I)c1C. The summed E-state index contributed by atoms with van der Waals surface area (Å²) in [6, 6.07) is 0. The largest absolute Gasteiger partial charge is 0.380 e. The Hall–Kier alpha value is -0.100. The summed E-state index contributed by atoms with van der Waals surface area (Å²) in [7, 11) is 0. The Morgan fingerprint density at radius 2 is 2.15 bits per heavy atom.